The average Bonchev–Trinajstić information content (AvgIpc) is 2.30. The molecule has 0 heterocycles. The molecule has 0 N–H and O–H groups in total. The molecule has 0 bridgehead atoms. The number of ether oxygens (including phenoxy) is 1. The van der Waals surface area contributed by atoms with Gasteiger partial charge in [0.1, 0.15) is 6.42 Å². The third kappa shape index (κ3) is 4.68. The third-order valence-corrected chi connectivity index (χ3v) is 2.12. The van der Waals surface area contributed by atoms with Crippen molar-refractivity contribution in [3.63, 3.8) is 0 Å². The van der Waals surface area contributed by atoms with Crippen molar-refractivity contribution in [3.8, 4) is 0 Å². The van der Waals surface area contributed by atoms with Crippen molar-refractivity contribution in [1.29, 1.82) is 0 Å². The minimum Gasteiger partial charge on any atom is -0.481 e. The van der Waals surface area contributed by atoms with Crippen LogP contribution in [0.4, 0.5) is 5.69 Å². The Morgan fingerprint density at radius 3 is 2.47 bits per heavy atom. The van der Waals surface area contributed by atoms with Gasteiger partial charge in [-0.05, 0) is 19.1 Å². The maximum atomic E-state index is 11.6. The molecule has 0 unspecified atom stereocenters. The second kappa shape index (κ2) is 6.68. The van der Waals surface area contributed by atoms with E-state index in [1.165, 1.54) is 4.90 Å². The number of rotatable bonds is 4. The van der Waals surface area contributed by atoms with Crippen molar-refractivity contribution in [3.05, 3.63) is 30.3 Å². The van der Waals surface area contributed by atoms with Crippen LogP contribution in [0.3, 0.4) is 0 Å². The van der Waals surface area contributed by atoms with Gasteiger partial charge in [-0.3, -0.25) is 4.79 Å². The molecule has 1 aromatic carbocycles. The highest BCUT2D eigenvalue weighted by Gasteiger charge is 2.10. The summed E-state index contributed by atoms with van der Waals surface area (Å²) in [6.07, 6.45) is 0.190. The van der Waals surface area contributed by atoms with E-state index in [4.69, 9.17) is 4.74 Å². The van der Waals surface area contributed by atoms with Crippen LogP contribution in [0.1, 0.15) is 13.3 Å². The Labute approximate surface area is 102 Å². The molecule has 0 aromatic heterocycles. The van der Waals surface area contributed by atoms with Crippen molar-refractivity contribution in [1.82, 2.24) is 4.90 Å². The van der Waals surface area contributed by atoms with Crippen molar-refractivity contribution in [2.24, 2.45) is 4.99 Å². The second-order valence-electron chi connectivity index (χ2n) is 3.74. The molecular weight excluding hydrogens is 216 g/mol. The molecule has 0 fully saturated rings. The van der Waals surface area contributed by atoms with Gasteiger partial charge in [-0.15, -0.1) is 0 Å². The average molecular weight is 234 g/mol. The zero-order chi connectivity index (χ0) is 12.7. The highest BCUT2D eigenvalue weighted by Crippen LogP contribution is 2.11. The Morgan fingerprint density at radius 2 is 1.94 bits per heavy atom. The second-order valence-corrected chi connectivity index (χ2v) is 3.74. The van der Waals surface area contributed by atoms with Crippen LogP contribution >= 0.6 is 0 Å². The molecule has 0 aliphatic heterocycles. The van der Waals surface area contributed by atoms with E-state index in [9.17, 15) is 4.79 Å². The van der Waals surface area contributed by atoms with Crippen LogP contribution in [0.2, 0.25) is 0 Å². The van der Waals surface area contributed by atoms with Gasteiger partial charge in [0.25, 0.3) is 0 Å². The number of carbonyl (C=O) groups excluding carboxylic acids is 1. The van der Waals surface area contributed by atoms with Crippen molar-refractivity contribution < 1.29 is 9.53 Å². The molecule has 1 amide bonds. The van der Waals surface area contributed by atoms with Gasteiger partial charge in [0.15, 0.2) is 5.90 Å². The lowest BCUT2D eigenvalue weighted by Gasteiger charge is -2.12. The molecule has 0 saturated carbocycles. The first-order valence-corrected chi connectivity index (χ1v) is 5.59. The lowest BCUT2D eigenvalue weighted by molar-refractivity contribution is -0.127. The Kier molecular flexibility index (Phi) is 5.20. The molecule has 4 nitrogen and oxygen atoms in total. The number of amides is 1. The van der Waals surface area contributed by atoms with Gasteiger partial charge in [-0.25, -0.2) is 4.99 Å². The van der Waals surface area contributed by atoms with Gasteiger partial charge in [-0.2, -0.15) is 0 Å². The van der Waals surface area contributed by atoms with Crippen LogP contribution in [-0.2, 0) is 9.53 Å². The molecule has 1 rings (SSSR count). The summed E-state index contributed by atoms with van der Waals surface area (Å²) in [5.41, 5.74) is 0.794. The Bertz CT molecular complexity index is 386. The van der Waals surface area contributed by atoms with Gasteiger partial charge in [0.05, 0.1) is 12.3 Å². The van der Waals surface area contributed by atoms with E-state index in [-0.39, 0.29) is 12.3 Å². The number of aliphatic imine (C=N–C) groups is 1. The van der Waals surface area contributed by atoms with Gasteiger partial charge >= 0.3 is 0 Å². The zero-order valence-corrected chi connectivity index (χ0v) is 10.5. The number of benzene rings is 1. The minimum atomic E-state index is -0.0202. The van der Waals surface area contributed by atoms with Crippen LogP contribution in [0.5, 0.6) is 0 Å². The van der Waals surface area contributed by atoms with Crippen LogP contribution < -0.4 is 0 Å². The van der Waals surface area contributed by atoms with Gasteiger partial charge in [0.2, 0.25) is 5.91 Å². The van der Waals surface area contributed by atoms with Crippen molar-refractivity contribution in [2.75, 3.05) is 20.7 Å². The largest absolute Gasteiger partial charge is 0.481 e. The summed E-state index contributed by atoms with van der Waals surface area (Å²) in [5.74, 6) is 0.436. The van der Waals surface area contributed by atoms with Crippen molar-refractivity contribution in [2.45, 2.75) is 13.3 Å². The highest BCUT2D eigenvalue weighted by molar-refractivity contribution is 5.97. The summed E-state index contributed by atoms with van der Waals surface area (Å²) < 4.78 is 5.37. The molecule has 17 heavy (non-hydrogen) atoms. The first-order chi connectivity index (χ1) is 8.13. The standard InChI is InChI=1S/C13H18N2O2/c1-4-17-12(10-13(16)15(2)3)14-11-8-6-5-7-9-11/h5-9H,4,10H2,1-3H3. The SMILES string of the molecule is CCOC(CC(=O)N(C)C)=Nc1ccccc1. The summed E-state index contributed by atoms with van der Waals surface area (Å²) in [4.78, 5) is 17.4. The van der Waals surface area contributed by atoms with E-state index in [2.05, 4.69) is 4.99 Å². The molecular formula is C13H18N2O2. The van der Waals surface area contributed by atoms with E-state index in [1.54, 1.807) is 14.1 Å². The molecule has 0 radical (unpaired) electrons. The Hall–Kier alpha value is -1.84. The highest BCUT2D eigenvalue weighted by atomic mass is 16.5. The summed E-state index contributed by atoms with van der Waals surface area (Å²) >= 11 is 0. The predicted molar refractivity (Wildman–Crippen MR) is 68.5 cm³/mol. The zero-order valence-electron chi connectivity index (χ0n) is 10.5. The Morgan fingerprint density at radius 1 is 1.29 bits per heavy atom. The topological polar surface area (TPSA) is 41.9 Å². The van der Waals surface area contributed by atoms with Crippen molar-refractivity contribution >= 4 is 17.5 Å². The molecule has 0 saturated heterocycles. The fourth-order valence-corrected chi connectivity index (χ4v) is 1.22. The molecule has 4 heteroatoms. The normalized spacial score (nSPS) is 11.1. The summed E-state index contributed by atoms with van der Waals surface area (Å²) in [5, 5.41) is 0. The van der Waals surface area contributed by atoms with E-state index < -0.39 is 0 Å². The maximum absolute atomic E-state index is 11.6. The minimum absolute atomic E-state index is 0.0202. The number of hydrogen-bond donors (Lipinski definition) is 0. The van der Waals surface area contributed by atoms with E-state index >= 15 is 0 Å². The monoisotopic (exact) mass is 234 g/mol. The number of nitrogens with zero attached hydrogens (tertiary/aromatic N) is 2. The van der Waals surface area contributed by atoms with E-state index in [0.29, 0.717) is 12.5 Å². The summed E-state index contributed by atoms with van der Waals surface area (Å²) in [6, 6.07) is 9.47. The van der Waals surface area contributed by atoms with E-state index in [1.807, 2.05) is 37.3 Å². The van der Waals surface area contributed by atoms with Crippen LogP contribution in [-0.4, -0.2) is 37.4 Å². The van der Waals surface area contributed by atoms with Crippen LogP contribution in [0, 0.1) is 0 Å². The van der Waals surface area contributed by atoms with E-state index in [0.717, 1.165) is 5.69 Å². The number of carbonyl (C=O) groups is 1. The van der Waals surface area contributed by atoms with Gasteiger partial charge in [0, 0.05) is 14.1 Å². The van der Waals surface area contributed by atoms with Gasteiger partial charge < -0.3 is 9.64 Å². The summed E-state index contributed by atoms with van der Waals surface area (Å²) in [7, 11) is 3.43. The fourth-order valence-electron chi connectivity index (χ4n) is 1.22. The molecule has 1 aromatic rings. The molecule has 0 aliphatic carbocycles. The number of hydrogen-bond acceptors (Lipinski definition) is 3. The predicted octanol–water partition coefficient (Wildman–Crippen LogP) is 2.23. The summed E-state index contributed by atoms with van der Waals surface area (Å²) in [6.45, 7) is 2.38. The van der Waals surface area contributed by atoms with Crippen LogP contribution in [0.15, 0.2) is 35.3 Å². The fraction of sp³-hybridized carbons (Fsp3) is 0.385. The first-order valence-electron chi connectivity index (χ1n) is 5.59. The van der Waals surface area contributed by atoms with Crippen LogP contribution in [0.25, 0.3) is 0 Å². The smallest absolute Gasteiger partial charge is 0.231 e. The number of para-hydroxylation sites is 1. The maximum Gasteiger partial charge on any atom is 0.231 e. The third-order valence-electron chi connectivity index (χ3n) is 2.12. The molecule has 0 aliphatic rings. The van der Waals surface area contributed by atoms with Gasteiger partial charge in [-0.1, -0.05) is 18.2 Å². The first kappa shape index (κ1) is 13.2. The molecule has 0 atom stereocenters. The Balaban J connectivity index is 2.78. The lowest BCUT2D eigenvalue weighted by Crippen LogP contribution is -2.25. The quantitative estimate of drug-likeness (QED) is 0.592. The lowest BCUT2D eigenvalue weighted by atomic mass is 10.3. The molecule has 92 valence electrons. The molecule has 0 spiro atoms.